The van der Waals surface area contributed by atoms with Gasteiger partial charge in [-0.3, -0.25) is 4.90 Å². The molecule has 1 aromatic rings. The van der Waals surface area contributed by atoms with E-state index in [0.717, 1.165) is 30.9 Å². The molecule has 0 radical (unpaired) electrons. The zero-order chi connectivity index (χ0) is 13.4. The van der Waals surface area contributed by atoms with E-state index in [1.54, 1.807) is 7.11 Å². The number of alkyl halides is 1. The van der Waals surface area contributed by atoms with E-state index in [9.17, 15) is 0 Å². The maximum Gasteiger partial charge on any atom is 0.123 e. The van der Waals surface area contributed by atoms with E-state index in [0.29, 0.717) is 0 Å². The molecule has 1 unspecified atom stereocenters. The van der Waals surface area contributed by atoms with Crippen LogP contribution in [-0.2, 0) is 0 Å². The summed E-state index contributed by atoms with van der Waals surface area (Å²) in [6.45, 7) is 9.83. The first kappa shape index (κ1) is 14.8. The Morgan fingerprint density at radius 3 is 2.44 bits per heavy atom. The molecule has 0 heterocycles. The van der Waals surface area contributed by atoms with Gasteiger partial charge in [-0.05, 0) is 6.07 Å². The summed E-state index contributed by atoms with van der Waals surface area (Å²) in [5, 5.41) is -0.110. The Labute approximate surface area is 115 Å². The number of benzene rings is 1. The molecular weight excluding hydrogens is 246 g/mol. The summed E-state index contributed by atoms with van der Waals surface area (Å²) >= 11 is 6.47. The molecule has 0 aromatic heterocycles. The number of halogens is 1. The Morgan fingerprint density at radius 1 is 1.28 bits per heavy atom. The predicted molar refractivity (Wildman–Crippen MR) is 78.4 cm³/mol. The van der Waals surface area contributed by atoms with Gasteiger partial charge >= 0.3 is 0 Å². The summed E-state index contributed by atoms with van der Waals surface area (Å²) in [5.74, 6) is 0.828. The molecule has 2 nitrogen and oxygen atoms in total. The Balaban J connectivity index is 2.75. The summed E-state index contributed by atoms with van der Waals surface area (Å²) in [6.07, 6.45) is 3.74. The minimum atomic E-state index is -0.110. The van der Waals surface area contributed by atoms with Crippen molar-refractivity contribution in [3.63, 3.8) is 0 Å². The lowest BCUT2D eigenvalue weighted by Crippen LogP contribution is -2.27. The number of nitrogens with zero attached hydrogens (tertiary/aromatic N) is 1. The van der Waals surface area contributed by atoms with Gasteiger partial charge in [-0.15, -0.1) is 24.8 Å². The second-order valence-electron chi connectivity index (χ2n) is 4.01. The quantitative estimate of drug-likeness (QED) is 0.526. The third-order valence-corrected chi connectivity index (χ3v) is 3.04. The minimum absolute atomic E-state index is 0.110. The standard InChI is InChI=1S/C15H20ClNO/c1-4-10-17(11-5-2)12-14(16)13-8-6-7-9-15(13)18-3/h4-9,14H,1-2,10-12H2,3H3. The van der Waals surface area contributed by atoms with Crippen molar-refractivity contribution in [3.8, 4) is 5.75 Å². The van der Waals surface area contributed by atoms with E-state index in [1.165, 1.54) is 0 Å². The average molecular weight is 266 g/mol. The van der Waals surface area contributed by atoms with Gasteiger partial charge in [0.15, 0.2) is 0 Å². The molecular formula is C15H20ClNO. The van der Waals surface area contributed by atoms with Crippen molar-refractivity contribution in [2.24, 2.45) is 0 Å². The van der Waals surface area contributed by atoms with Crippen molar-refractivity contribution in [3.05, 3.63) is 55.1 Å². The maximum atomic E-state index is 6.47. The van der Waals surface area contributed by atoms with Gasteiger partial charge in [-0.25, -0.2) is 0 Å². The number of methoxy groups -OCH3 is 1. The summed E-state index contributed by atoms with van der Waals surface area (Å²) in [4.78, 5) is 2.18. The summed E-state index contributed by atoms with van der Waals surface area (Å²) < 4.78 is 5.32. The van der Waals surface area contributed by atoms with E-state index in [-0.39, 0.29) is 5.38 Å². The summed E-state index contributed by atoms with van der Waals surface area (Å²) in [7, 11) is 1.66. The van der Waals surface area contributed by atoms with E-state index >= 15 is 0 Å². The van der Waals surface area contributed by atoms with Crippen LogP contribution in [0.4, 0.5) is 0 Å². The van der Waals surface area contributed by atoms with E-state index in [4.69, 9.17) is 16.3 Å². The Kier molecular flexibility index (Phi) is 6.55. The highest BCUT2D eigenvalue weighted by Crippen LogP contribution is 2.29. The molecule has 0 amide bonds. The normalized spacial score (nSPS) is 12.2. The van der Waals surface area contributed by atoms with Crippen LogP contribution in [0.2, 0.25) is 0 Å². The molecule has 18 heavy (non-hydrogen) atoms. The minimum Gasteiger partial charge on any atom is -0.496 e. The highest BCUT2D eigenvalue weighted by Gasteiger charge is 2.15. The molecule has 0 aliphatic heterocycles. The number of para-hydroxylation sites is 1. The SMILES string of the molecule is C=CCN(CC=C)CC(Cl)c1ccccc1OC. The van der Waals surface area contributed by atoms with Crippen LogP contribution in [-0.4, -0.2) is 31.6 Å². The third-order valence-electron chi connectivity index (χ3n) is 2.67. The highest BCUT2D eigenvalue weighted by atomic mass is 35.5. The van der Waals surface area contributed by atoms with Crippen LogP contribution in [0.15, 0.2) is 49.6 Å². The summed E-state index contributed by atoms with van der Waals surface area (Å²) in [5.41, 5.74) is 1.01. The molecule has 3 heteroatoms. The molecule has 1 aromatic carbocycles. The lowest BCUT2D eigenvalue weighted by atomic mass is 10.1. The highest BCUT2D eigenvalue weighted by molar-refractivity contribution is 6.21. The molecule has 1 rings (SSSR count). The number of ether oxygens (including phenoxy) is 1. The van der Waals surface area contributed by atoms with Gasteiger partial charge in [0.1, 0.15) is 5.75 Å². The topological polar surface area (TPSA) is 12.5 Å². The molecule has 1 atom stereocenters. The van der Waals surface area contributed by atoms with E-state index < -0.39 is 0 Å². The second kappa shape index (κ2) is 7.96. The fourth-order valence-corrected chi connectivity index (χ4v) is 2.21. The van der Waals surface area contributed by atoms with Crippen LogP contribution >= 0.6 is 11.6 Å². The Morgan fingerprint density at radius 2 is 1.89 bits per heavy atom. The zero-order valence-electron chi connectivity index (χ0n) is 10.8. The smallest absolute Gasteiger partial charge is 0.123 e. The first-order chi connectivity index (χ1) is 8.72. The first-order valence-electron chi connectivity index (χ1n) is 5.94. The monoisotopic (exact) mass is 265 g/mol. The lowest BCUT2D eigenvalue weighted by molar-refractivity contribution is 0.331. The average Bonchev–Trinajstić information content (AvgIpc) is 2.39. The van der Waals surface area contributed by atoms with Crippen molar-refractivity contribution < 1.29 is 4.74 Å². The van der Waals surface area contributed by atoms with Gasteiger partial charge < -0.3 is 4.74 Å². The fourth-order valence-electron chi connectivity index (χ4n) is 1.84. The molecule has 0 N–H and O–H groups in total. The molecule has 98 valence electrons. The summed E-state index contributed by atoms with van der Waals surface area (Å²) in [6, 6.07) is 7.84. The van der Waals surface area contributed by atoms with Gasteiger partial charge in [0.05, 0.1) is 12.5 Å². The van der Waals surface area contributed by atoms with Crippen molar-refractivity contribution in [2.45, 2.75) is 5.38 Å². The van der Waals surface area contributed by atoms with Crippen molar-refractivity contribution >= 4 is 11.6 Å². The molecule has 0 aliphatic rings. The van der Waals surface area contributed by atoms with Gasteiger partial charge in [-0.1, -0.05) is 30.4 Å². The van der Waals surface area contributed by atoms with Crippen LogP contribution in [0.1, 0.15) is 10.9 Å². The lowest BCUT2D eigenvalue weighted by Gasteiger charge is -2.23. The molecule has 0 saturated carbocycles. The first-order valence-corrected chi connectivity index (χ1v) is 6.37. The Bertz CT molecular complexity index is 382. The molecule has 0 bridgehead atoms. The van der Waals surface area contributed by atoms with Gasteiger partial charge in [0.25, 0.3) is 0 Å². The van der Waals surface area contributed by atoms with Gasteiger partial charge in [0.2, 0.25) is 0 Å². The van der Waals surface area contributed by atoms with Crippen molar-refractivity contribution in [1.29, 1.82) is 0 Å². The Hall–Kier alpha value is -1.25. The largest absolute Gasteiger partial charge is 0.496 e. The van der Waals surface area contributed by atoms with Crippen LogP contribution in [0, 0.1) is 0 Å². The zero-order valence-corrected chi connectivity index (χ0v) is 11.6. The van der Waals surface area contributed by atoms with Crippen LogP contribution < -0.4 is 4.74 Å². The van der Waals surface area contributed by atoms with E-state index in [1.807, 2.05) is 36.4 Å². The van der Waals surface area contributed by atoms with Crippen LogP contribution in [0.25, 0.3) is 0 Å². The van der Waals surface area contributed by atoms with Crippen molar-refractivity contribution in [2.75, 3.05) is 26.7 Å². The predicted octanol–water partition coefficient (Wildman–Crippen LogP) is 3.65. The van der Waals surface area contributed by atoms with Gasteiger partial charge in [-0.2, -0.15) is 0 Å². The number of hydrogen-bond donors (Lipinski definition) is 0. The molecule has 0 saturated heterocycles. The number of rotatable bonds is 8. The van der Waals surface area contributed by atoms with Crippen LogP contribution in [0.5, 0.6) is 5.75 Å². The molecule has 0 aliphatic carbocycles. The van der Waals surface area contributed by atoms with Crippen molar-refractivity contribution in [1.82, 2.24) is 4.90 Å². The third kappa shape index (κ3) is 4.21. The molecule has 0 fully saturated rings. The van der Waals surface area contributed by atoms with E-state index in [2.05, 4.69) is 18.1 Å². The fraction of sp³-hybridized carbons (Fsp3) is 0.333. The second-order valence-corrected chi connectivity index (χ2v) is 4.53. The van der Waals surface area contributed by atoms with Crippen LogP contribution in [0.3, 0.4) is 0 Å². The maximum absolute atomic E-state index is 6.47. The van der Waals surface area contributed by atoms with Gasteiger partial charge in [0, 0.05) is 25.2 Å². The number of hydrogen-bond acceptors (Lipinski definition) is 2. The molecule has 0 spiro atoms.